The fourth-order valence-corrected chi connectivity index (χ4v) is 4.46. The van der Waals surface area contributed by atoms with E-state index in [-0.39, 0.29) is 11.6 Å². The van der Waals surface area contributed by atoms with Crippen molar-refractivity contribution in [3.8, 4) is 22.9 Å². The van der Waals surface area contributed by atoms with E-state index in [2.05, 4.69) is 15.6 Å². The molecule has 0 saturated heterocycles. The highest BCUT2D eigenvalue weighted by atomic mass is 16.6. The number of carbonyl (C=O) groups excluding carboxylic acids is 1. The van der Waals surface area contributed by atoms with E-state index in [1.54, 1.807) is 36.1 Å². The first kappa shape index (κ1) is 25.5. The van der Waals surface area contributed by atoms with Gasteiger partial charge in [0, 0.05) is 23.4 Å². The normalized spacial score (nSPS) is 14.3. The van der Waals surface area contributed by atoms with Crippen LogP contribution in [0.15, 0.2) is 84.1 Å². The zero-order valence-corrected chi connectivity index (χ0v) is 21.5. The number of non-ortho nitro benzene ring substituents is 1. The van der Waals surface area contributed by atoms with Gasteiger partial charge in [0.2, 0.25) is 5.95 Å². The van der Waals surface area contributed by atoms with Crippen LogP contribution in [-0.4, -0.2) is 39.3 Å². The van der Waals surface area contributed by atoms with E-state index >= 15 is 0 Å². The number of benzene rings is 3. The van der Waals surface area contributed by atoms with E-state index in [4.69, 9.17) is 14.6 Å². The van der Waals surface area contributed by atoms with Crippen molar-refractivity contribution < 1.29 is 19.2 Å². The summed E-state index contributed by atoms with van der Waals surface area (Å²) in [4.78, 5) is 29.0. The van der Waals surface area contributed by atoms with Crippen LogP contribution in [0, 0.1) is 10.1 Å². The molecule has 2 heterocycles. The first-order chi connectivity index (χ1) is 18.9. The van der Waals surface area contributed by atoms with E-state index < -0.39 is 11.0 Å². The van der Waals surface area contributed by atoms with Crippen molar-refractivity contribution in [2.24, 2.45) is 0 Å². The monoisotopic (exact) mass is 526 g/mol. The van der Waals surface area contributed by atoms with Gasteiger partial charge in [-0.2, -0.15) is 4.98 Å². The molecule has 0 fully saturated rings. The number of rotatable bonds is 8. The van der Waals surface area contributed by atoms with Crippen molar-refractivity contribution in [1.82, 2.24) is 14.8 Å². The third-order valence-electron chi connectivity index (χ3n) is 6.30. The highest BCUT2D eigenvalue weighted by molar-refractivity contribution is 6.06. The van der Waals surface area contributed by atoms with Crippen molar-refractivity contribution >= 4 is 23.2 Å². The molecule has 39 heavy (non-hydrogen) atoms. The molecule has 0 aliphatic carbocycles. The lowest BCUT2D eigenvalue weighted by Crippen LogP contribution is -2.31. The minimum absolute atomic E-state index is 0.0269. The molecule has 198 valence electrons. The third kappa shape index (κ3) is 5.01. The molecule has 0 bridgehead atoms. The number of aromatic nitrogens is 3. The fraction of sp³-hybridized carbons (Fsp3) is 0.179. The number of fused-ring (bicyclic) bond motifs is 1. The number of hydrogen-bond acceptors (Lipinski definition) is 8. The van der Waals surface area contributed by atoms with Gasteiger partial charge in [0.1, 0.15) is 17.5 Å². The first-order valence-corrected chi connectivity index (χ1v) is 12.3. The Labute approximate surface area is 224 Å². The molecule has 0 saturated carbocycles. The summed E-state index contributed by atoms with van der Waals surface area (Å²) >= 11 is 0. The van der Waals surface area contributed by atoms with Gasteiger partial charge in [0.05, 0.1) is 29.9 Å². The van der Waals surface area contributed by atoms with Gasteiger partial charge >= 0.3 is 0 Å². The largest absolute Gasteiger partial charge is 0.495 e. The number of nitrogens with one attached hydrogen (secondary N) is 2. The van der Waals surface area contributed by atoms with Crippen molar-refractivity contribution in [2.75, 3.05) is 24.4 Å². The molecule has 1 unspecified atom stereocenters. The Hall–Kier alpha value is -5.19. The van der Waals surface area contributed by atoms with Crippen LogP contribution < -0.4 is 20.1 Å². The number of anilines is 2. The molecular formula is C28H26N6O5. The highest BCUT2D eigenvalue weighted by Crippen LogP contribution is 2.38. The van der Waals surface area contributed by atoms with E-state index in [1.807, 2.05) is 50.2 Å². The summed E-state index contributed by atoms with van der Waals surface area (Å²) in [6.45, 7) is 4.25. The standard InChI is InChI=1S/C28H26N6O5/c1-4-39-21-15-11-18(12-16-21)25-24(27(35)30-22-7-5-6-8-23(22)38-3)17(2)29-28-31-26(32-33(25)28)19-9-13-20(14-10-19)34(36)37/h5-16,25H,4H2,1-3H3,(H,30,35)(H,29,31,32). The third-order valence-corrected chi connectivity index (χ3v) is 6.30. The van der Waals surface area contributed by atoms with Crippen molar-refractivity contribution in [2.45, 2.75) is 19.9 Å². The van der Waals surface area contributed by atoms with Gasteiger partial charge in [0.25, 0.3) is 11.6 Å². The van der Waals surface area contributed by atoms with Gasteiger partial charge < -0.3 is 20.1 Å². The molecule has 0 radical (unpaired) electrons. The number of carbonyl (C=O) groups is 1. The Balaban J connectivity index is 1.57. The number of nitrogens with zero attached hydrogens (tertiary/aromatic N) is 4. The minimum Gasteiger partial charge on any atom is -0.495 e. The van der Waals surface area contributed by atoms with Crippen LogP contribution in [0.5, 0.6) is 11.5 Å². The number of nitro benzene ring substituents is 1. The maximum atomic E-state index is 13.8. The molecule has 1 atom stereocenters. The summed E-state index contributed by atoms with van der Waals surface area (Å²) < 4.78 is 12.7. The van der Waals surface area contributed by atoms with E-state index in [0.717, 1.165) is 5.56 Å². The van der Waals surface area contributed by atoms with E-state index in [1.165, 1.54) is 12.1 Å². The van der Waals surface area contributed by atoms with Crippen molar-refractivity contribution in [3.05, 3.63) is 99.7 Å². The molecule has 0 spiro atoms. The van der Waals surface area contributed by atoms with Crippen LogP contribution in [0.1, 0.15) is 25.5 Å². The Morgan fingerprint density at radius 3 is 2.49 bits per heavy atom. The number of hydrogen-bond donors (Lipinski definition) is 2. The molecule has 2 N–H and O–H groups in total. The summed E-state index contributed by atoms with van der Waals surface area (Å²) in [5, 5.41) is 22.0. The quantitative estimate of drug-likeness (QED) is 0.237. The Morgan fingerprint density at radius 1 is 1.10 bits per heavy atom. The minimum atomic E-state index is -0.620. The average Bonchev–Trinajstić information content (AvgIpc) is 3.37. The Kier molecular flexibility index (Phi) is 6.96. The van der Waals surface area contributed by atoms with Gasteiger partial charge in [0.15, 0.2) is 5.82 Å². The molecule has 5 rings (SSSR count). The fourth-order valence-electron chi connectivity index (χ4n) is 4.46. The summed E-state index contributed by atoms with van der Waals surface area (Å²) in [7, 11) is 1.54. The Bertz CT molecular complexity index is 1560. The van der Waals surface area contributed by atoms with Gasteiger partial charge in [-0.05, 0) is 55.8 Å². The number of amides is 1. The van der Waals surface area contributed by atoms with Gasteiger partial charge in [-0.15, -0.1) is 5.10 Å². The number of allylic oxidation sites excluding steroid dienone is 1. The summed E-state index contributed by atoms with van der Waals surface area (Å²) in [6.07, 6.45) is 0. The molecule has 1 aliphatic heterocycles. The predicted octanol–water partition coefficient (Wildman–Crippen LogP) is 5.19. The van der Waals surface area contributed by atoms with Crippen LogP contribution in [0.4, 0.5) is 17.3 Å². The molecule has 4 aromatic rings. The number of para-hydroxylation sites is 2. The molecule has 1 amide bonds. The van der Waals surface area contributed by atoms with Crippen LogP contribution in [-0.2, 0) is 4.79 Å². The van der Waals surface area contributed by atoms with E-state index in [9.17, 15) is 14.9 Å². The van der Waals surface area contributed by atoms with Gasteiger partial charge in [-0.3, -0.25) is 14.9 Å². The van der Waals surface area contributed by atoms with Crippen LogP contribution >= 0.6 is 0 Å². The first-order valence-electron chi connectivity index (χ1n) is 12.3. The second kappa shape index (κ2) is 10.7. The topological polar surface area (TPSA) is 133 Å². The molecule has 3 aromatic carbocycles. The maximum absolute atomic E-state index is 13.8. The maximum Gasteiger partial charge on any atom is 0.269 e. The van der Waals surface area contributed by atoms with E-state index in [0.29, 0.717) is 52.4 Å². The summed E-state index contributed by atoms with van der Waals surface area (Å²) in [5.74, 6) is 1.71. The zero-order valence-electron chi connectivity index (χ0n) is 21.5. The molecule has 11 nitrogen and oxygen atoms in total. The number of methoxy groups -OCH3 is 1. The molecular weight excluding hydrogens is 500 g/mol. The molecule has 1 aliphatic rings. The summed E-state index contributed by atoms with van der Waals surface area (Å²) in [5.41, 5.74) is 2.96. The predicted molar refractivity (Wildman–Crippen MR) is 146 cm³/mol. The van der Waals surface area contributed by atoms with Crippen LogP contribution in [0.25, 0.3) is 11.4 Å². The lowest BCUT2D eigenvalue weighted by molar-refractivity contribution is -0.384. The van der Waals surface area contributed by atoms with Gasteiger partial charge in [-0.1, -0.05) is 24.3 Å². The Morgan fingerprint density at radius 2 is 1.82 bits per heavy atom. The van der Waals surface area contributed by atoms with Crippen LogP contribution in [0.3, 0.4) is 0 Å². The smallest absolute Gasteiger partial charge is 0.269 e. The average molecular weight is 527 g/mol. The number of ether oxygens (including phenoxy) is 2. The second-order valence-electron chi connectivity index (χ2n) is 8.73. The van der Waals surface area contributed by atoms with Crippen molar-refractivity contribution in [1.29, 1.82) is 0 Å². The highest BCUT2D eigenvalue weighted by Gasteiger charge is 2.35. The lowest BCUT2D eigenvalue weighted by atomic mass is 9.95. The second-order valence-corrected chi connectivity index (χ2v) is 8.73. The SMILES string of the molecule is CCOc1ccc(C2C(C(=O)Nc3ccccc3OC)=C(C)Nc3nc(-c4ccc([N+](=O)[O-])cc4)nn32)cc1. The summed E-state index contributed by atoms with van der Waals surface area (Å²) in [6, 6.07) is 20.0. The molecule has 1 aromatic heterocycles. The molecule has 11 heteroatoms. The van der Waals surface area contributed by atoms with Gasteiger partial charge in [-0.25, -0.2) is 4.68 Å². The lowest BCUT2D eigenvalue weighted by Gasteiger charge is -2.29. The number of nitro groups is 1. The van der Waals surface area contributed by atoms with Crippen LogP contribution in [0.2, 0.25) is 0 Å². The zero-order chi connectivity index (χ0) is 27.5. The van der Waals surface area contributed by atoms with Crippen molar-refractivity contribution in [3.63, 3.8) is 0 Å².